The second-order valence-corrected chi connectivity index (χ2v) is 10.3. The Morgan fingerprint density at radius 3 is 2.74 bits per heavy atom. The Morgan fingerprint density at radius 1 is 1.03 bits per heavy atom. The van der Waals surface area contributed by atoms with Crippen LogP contribution in [-0.4, -0.2) is 15.8 Å². The van der Waals surface area contributed by atoms with E-state index < -0.39 is 0 Å². The molecule has 5 rings (SSSR count). The Kier molecular flexibility index (Phi) is 6.78. The van der Waals surface area contributed by atoms with Crippen molar-refractivity contribution in [1.82, 2.24) is 4.98 Å². The lowest BCUT2D eigenvalue weighted by Gasteiger charge is -2.25. The molecule has 5 heteroatoms. The van der Waals surface area contributed by atoms with Crippen molar-refractivity contribution in [1.29, 1.82) is 0 Å². The number of hydrogen-bond donors (Lipinski definition) is 1. The van der Waals surface area contributed by atoms with Gasteiger partial charge in [-0.15, -0.1) is 11.3 Å². The molecular formula is C30H29FN2OS. The molecule has 1 unspecified atom stereocenters. The van der Waals surface area contributed by atoms with E-state index in [0.29, 0.717) is 17.9 Å². The van der Waals surface area contributed by atoms with Crippen LogP contribution in [0.1, 0.15) is 59.4 Å². The first-order chi connectivity index (χ1) is 17.0. The standard InChI is InChI=1S/C30H29FN2OS/c1-19-14-22(8-10-27(19)31)25-6-4-3-5-24(32-17-21-7-12-29(34)20(2)13-21)16-26(25)23-9-11-28-30(15-23)35-18-33-28/h7-16,18,25,34H,3-6,17H2,1-2H3. The zero-order valence-corrected chi connectivity index (χ0v) is 20.9. The van der Waals surface area contributed by atoms with Gasteiger partial charge in [-0.3, -0.25) is 4.99 Å². The zero-order valence-electron chi connectivity index (χ0n) is 20.1. The molecule has 178 valence electrons. The number of nitrogens with zero attached hydrogens (tertiary/aromatic N) is 2. The number of phenolic OH excluding ortho intramolecular Hbond substituents is 1. The summed E-state index contributed by atoms with van der Waals surface area (Å²) in [6.45, 7) is 4.32. The lowest BCUT2D eigenvalue weighted by Crippen LogP contribution is -2.10. The first-order valence-corrected chi connectivity index (χ1v) is 13.0. The summed E-state index contributed by atoms with van der Waals surface area (Å²) >= 11 is 1.65. The van der Waals surface area contributed by atoms with Gasteiger partial charge in [-0.05, 0) is 96.8 Å². The molecule has 3 aromatic carbocycles. The van der Waals surface area contributed by atoms with E-state index >= 15 is 0 Å². The van der Waals surface area contributed by atoms with Crippen molar-refractivity contribution >= 4 is 32.8 Å². The quantitative estimate of drug-likeness (QED) is 0.318. The Hall–Kier alpha value is -3.31. The summed E-state index contributed by atoms with van der Waals surface area (Å²) in [5.74, 6) is 0.314. The minimum atomic E-state index is -0.164. The van der Waals surface area contributed by atoms with E-state index in [-0.39, 0.29) is 11.7 Å². The molecule has 0 bridgehead atoms. The van der Waals surface area contributed by atoms with Crippen LogP contribution < -0.4 is 0 Å². The second-order valence-electron chi connectivity index (χ2n) is 9.37. The van der Waals surface area contributed by atoms with Crippen LogP contribution in [0.2, 0.25) is 0 Å². The smallest absolute Gasteiger partial charge is 0.126 e. The van der Waals surface area contributed by atoms with Gasteiger partial charge in [0.25, 0.3) is 0 Å². The summed E-state index contributed by atoms with van der Waals surface area (Å²) in [6.07, 6.45) is 6.36. The Morgan fingerprint density at radius 2 is 1.91 bits per heavy atom. The number of phenols is 1. The first-order valence-electron chi connectivity index (χ1n) is 12.1. The summed E-state index contributed by atoms with van der Waals surface area (Å²) in [6, 6.07) is 17.7. The first kappa shape index (κ1) is 23.4. The van der Waals surface area contributed by atoms with Crippen LogP contribution in [0, 0.1) is 19.7 Å². The van der Waals surface area contributed by atoms with E-state index in [9.17, 15) is 9.50 Å². The maximum Gasteiger partial charge on any atom is 0.126 e. The Labute approximate surface area is 209 Å². The number of fused-ring (bicyclic) bond motifs is 1. The maximum atomic E-state index is 14.1. The van der Waals surface area contributed by atoms with Crippen LogP contribution in [0.25, 0.3) is 15.8 Å². The van der Waals surface area contributed by atoms with Crippen molar-refractivity contribution in [2.24, 2.45) is 4.99 Å². The molecule has 0 radical (unpaired) electrons. The van der Waals surface area contributed by atoms with Crippen LogP contribution in [-0.2, 0) is 6.54 Å². The third-order valence-corrected chi connectivity index (χ3v) is 7.64. The number of hydrogen-bond acceptors (Lipinski definition) is 4. The van der Waals surface area contributed by atoms with E-state index in [1.54, 1.807) is 23.5 Å². The highest BCUT2D eigenvalue weighted by Gasteiger charge is 2.22. The minimum Gasteiger partial charge on any atom is -0.508 e. The average molecular weight is 485 g/mol. The molecule has 0 fully saturated rings. The van der Waals surface area contributed by atoms with Crippen LogP contribution in [0.5, 0.6) is 5.75 Å². The average Bonchev–Trinajstić information content (AvgIpc) is 3.31. The second kappa shape index (κ2) is 10.1. The van der Waals surface area contributed by atoms with E-state index in [1.165, 1.54) is 11.1 Å². The number of allylic oxidation sites excluding steroid dienone is 2. The number of aryl methyl sites for hydroxylation is 2. The molecule has 1 aliphatic rings. The molecule has 1 heterocycles. The van der Waals surface area contributed by atoms with Gasteiger partial charge in [0.15, 0.2) is 0 Å². The highest BCUT2D eigenvalue weighted by Crippen LogP contribution is 2.39. The third-order valence-electron chi connectivity index (χ3n) is 6.85. The number of halogens is 1. The molecule has 3 nitrogen and oxygen atoms in total. The third kappa shape index (κ3) is 5.20. The normalized spacial score (nSPS) is 17.9. The molecule has 1 aromatic heterocycles. The summed E-state index contributed by atoms with van der Waals surface area (Å²) < 4.78 is 15.3. The fourth-order valence-electron chi connectivity index (χ4n) is 4.85. The van der Waals surface area contributed by atoms with Gasteiger partial charge in [0.1, 0.15) is 11.6 Å². The summed E-state index contributed by atoms with van der Waals surface area (Å²) in [4.78, 5) is 9.45. The van der Waals surface area contributed by atoms with Gasteiger partial charge in [0, 0.05) is 11.6 Å². The molecule has 1 aliphatic carbocycles. The van der Waals surface area contributed by atoms with Gasteiger partial charge < -0.3 is 5.11 Å². The monoisotopic (exact) mass is 484 g/mol. The summed E-state index contributed by atoms with van der Waals surface area (Å²) in [7, 11) is 0. The molecule has 0 spiro atoms. The Bertz CT molecular complexity index is 1440. The van der Waals surface area contributed by atoms with Crippen molar-refractivity contribution in [3.8, 4) is 5.75 Å². The van der Waals surface area contributed by atoms with E-state index in [2.05, 4.69) is 29.3 Å². The van der Waals surface area contributed by atoms with Gasteiger partial charge in [0.05, 0.1) is 22.3 Å². The number of aliphatic imine (C=N–C) groups is 1. The summed E-state index contributed by atoms with van der Waals surface area (Å²) in [5.41, 5.74) is 10.1. The lowest BCUT2D eigenvalue weighted by atomic mass is 9.80. The summed E-state index contributed by atoms with van der Waals surface area (Å²) in [5, 5.41) is 9.85. The van der Waals surface area contributed by atoms with Gasteiger partial charge in [-0.1, -0.05) is 36.8 Å². The molecule has 1 atom stereocenters. The minimum absolute atomic E-state index is 0.164. The fraction of sp³-hybridized carbons (Fsp3) is 0.267. The number of aromatic hydroxyl groups is 1. The zero-order chi connectivity index (χ0) is 24.4. The van der Waals surface area contributed by atoms with E-state index in [4.69, 9.17) is 4.99 Å². The van der Waals surface area contributed by atoms with Gasteiger partial charge >= 0.3 is 0 Å². The topological polar surface area (TPSA) is 45.5 Å². The molecule has 0 saturated heterocycles. The van der Waals surface area contributed by atoms with E-state index in [0.717, 1.165) is 58.3 Å². The highest BCUT2D eigenvalue weighted by molar-refractivity contribution is 7.16. The predicted octanol–water partition coefficient (Wildman–Crippen LogP) is 8.14. The number of rotatable bonds is 4. The number of aromatic nitrogens is 1. The molecule has 35 heavy (non-hydrogen) atoms. The maximum absolute atomic E-state index is 14.1. The largest absolute Gasteiger partial charge is 0.508 e. The molecule has 1 N–H and O–H groups in total. The lowest BCUT2D eigenvalue weighted by molar-refractivity contribution is 0.471. The van der Waals surface area contributed by atoms with Crippen molar-refractivity contribution in [2.45, 2.75) is 52.0 Å². The van der Waals surface area contributed by atoms with Crippen LogP contribution in [0.4, 0.5) is 4.39 Å². The SMILES string of the molecule is Cc1cc(CN=C2C=C(c3ccc4ncsc4c3)C(c3ccc(F)c(C)c3)CCCC2)ccc1O. The predicted molar refractivity (Wildman–Crippen MR) is 144 cm³/mol. The van der Waals surface area contributed by atoms with Gasteiger partial charge in [0.2, 0.25) is 0 Å². The van der Waals surface area contributed by atoms with Gasteiger partial charge in [-0.2, -0.15) is 0 Å². The Balaban J connectivity index is 1.59. The van der Waals surface area contributed by atoms with Crippen molar-refractivity contribution in [3.05, 3.63) is 99.8 Å². The highest BCUT2D eigenvalue weighted by atomic mass is 32.1. The fourth-order valence-corrected chi connectivity index (χ4v) is 5.56. The molecule has 0 aliphatic heterocycles. The van der Waals surface area contributed by atoms with Crippen molar-refractivity contribution in [3.63, 3.8) is 0 Å². The van der Waals surface area contributed by atoms with Crippen molar-refractivity contribution in [2.75, 3.05) is 0 Å². The van der Waals surface area contributed by atoms with Crippen LogP contribution in [0.3, 0.4) is 0 Å². The molecule has 0 saturated carbocycles. The van der Waals surface area contributed by atoms with Crippen LogP contribution in [0.15, 0.2) is 71.2 Å². The van der Waals surface area contributed by atoms with Crippen molar-refractivity contribution < 1.29 is 9.50 Å². The molecular weight excluding hydrogens is 455 g/mol. The van der Waals surface area contributed by atoms with Crippen LogP contribution >= 0.6 is 11.3 Å². The van der Waals surface area contributed by atoms with E-state index in [1.807, 2.05) is 43.6 Å². The number of benzene rings is 3. The van der Waals surface area contributed by atoms with Gasteiger partial charge in [-0.25, -0.2) is 9.37 Å². The number of thiazole rings is 1. The molecule has 0 amide bonds. The molecule has 4 aromatic rings.